The highest BCUT2D eigenvalue weighted by Crippen LogP contribution is 2.22. The standard InChI is InChI=1S/C16H24N4O3S/c21-16(18-15-8-9-17-19-15)14-7-4-10-20(11-14)24(22,23)12-13-5-2-1-3-6-13/h1-3,5-6,14-15,17,19H,4,7-12H2,(H,18,21). The highest BCUT2D eigenvalue weighted by atomic mass is 32.2. The number of hydrogen-bond acceptors (Lipinski definition) is 5. The predicted octanol–water partition coefficient (Wildman–Crippen LogP) is 0.169. The molecule has 2 unspecified atom stereocenters. The molecular weight excluding hydrogens is 328 g/mol. The Labute approximate surface area is 142 Å². The third-order valence-corrected chi connectivity index (χ3v) is 6.31. The van der Waals surface area contributed by atoms with Gasteiger partial charge in [-0.1, -0.05) is 30.3 Å². The Hall–Kier alpha value is -1.48. The molecule has 2 saturated heterocycles. The highest BCUT2D eigenvalue weighted by molar-refractivity contribution is 7.88. The molecule has 1 aromatic carbocycles. The molecule has 0 aliphatic carbocycles. The Morgan fingerprint density at radius 1 is 1.25 bits per heavy atom. The molecule has 2 fully saturated rings. The smallest absolute Gasteiger partial charge is 0.225 e. The maximum atomic E-state index is 12.6. The fraction of sp³-hybridized carbons (Fsp3) is 0.562. The Morgan fingerprint density at radius 2 is 2.04 bits per heavy atom. The minimum Gasteiger partial charge on any atom is -0.339 e. The zero-order valence-corrected chi connectivity index (χ0v) is 14.4. The van der Waals surface area contributed by atoms with Crippen LogP contribution in [0.4, 0.5) is 0 Å². The fourth-order valence-corrected chi connectivity index (χ4v) is 4.78. The van der Waals surface area contributed by atoms with Crippen molar-refractivity contribution in [2.75, 3.05) is 19.6 Å². The Morgan fingerprint density at radius 3 is 2.75 bits per heavy atom. The zero-order chi connectivity index (χ0) is 17.0. The summed E-state index contributed by atoms with van der Waals surface area (Å²) < 4.78 is 26.7. The van der Waals surface area contributed by atoms with Gasteiger partial charge in [0, 0.05) is 19.6 Å². The van der Waals surface area contributed by atoms with Gasteiger partial charge in [0.25, 0.3) is 0 Å². The number of hydrogen-bond donors (Lipinski definition) is 3. The maximum absolute atomic E-state index is 12.6. The van der Waals surface area contributed by atoms with Gasteiger partial charge in [0.1, 0.15) is 0 Å². The van der Waals surface area contributed by atoms with E-state index in [1.165, 1.54) is 4.31 Å². The molecule has 132 valence electrons. The SMILES string of the molecule is O=C(NC1CCNN1)C1CCCN(S(=O)(=O)Cc2ccccc2)C1. The van der Waals surface area contributed by atoms with Crippen LogP contribution >= 0.6 is 0 Å². The molecule has 0 aromatic heterocycles. The molecule has 3 rings (SSSR count). The quantitative estimate of drug-likeness (QED) is 0.703. The summed E-state index contributed by atoms with van der Waals surface area (Å²) in [5.41, 5.74) is 6.73. The first-order valence-corrected chi connectivity index (χ1v) is 9.96. The first-order chi connectivity index (χ1) is 11.5. The second kappa shape index (κ2) is 7.60. The van der Waals surface area contributed by atoms with Crippen LogP contribution < -0.4 is 16.2 Å². The van der Waals surface area contributed by atoms with Gasteiger partial charge in [0.2, 0.25) is 15.9 Å². The van der Waals surface area contributed by atoms with Gasteiger partial charge in [-0.05, 0) is 24.8 Å². The average Bonchev–Trinajstić information content (AvgIpc) is 3.08. The number of sulfonamides is 1. The lowest BCUT2D eigenvalue weighted by Crippen LogP contribution is -2.50. The number of carbonyl (C=O) groups is 1. The molecule has 3 N–H and O–H groups in total. The lowest BCUT2D eigenvalue weighted by molar-refractivity contribution is -0.126. The van der Waals surface area contributed by atoms with Crippen LogP contribution in [0.25, 0.3) is 0 Å². The minimum absolute atomic E-state index is 0.0176. The molecule has 0 bridgehead atoms. The van der Waals surface area contributed by atoms with Crippen LogP contribution in [-0.4, -0.2) is 44.4 Å². The molecule has 0 radical (unpaired) electrons. The number of rotatable bonds is 5. The van der Waals surface area contributed by atoms with Crippen molar-refractivity contribution in [2.24, 2.45) is 5.92 Å². The van der Waals surface area contributed by atoms with Crippen LogP contribution in [0.3, 0.4) is 0 Å². The van der Waals surface area contributed by atoms with E-state index in [0.29, 0.717) is 13.0 Å². The molecule has 2 atom stereocenters. The van der Waals surface area contributed by atoms with Gasteiger partial charge >= 0.3 is 0 Å². The van der Waals surface area contributed by atoms with Crippen molar-refractivity contribution < 1.29 is 13.2 Å². The van der Waals surface area contributed by atoms with Crippen molar-refractivity contribution in [1.82, 2.24) is 20.5 Å². The number of nitrogens with zero attached hydrogens (tertiary/aromatic N) is 1. The molecule has 0 saturated carbocycles. The van der Waals surface area contributed by atoms with Crippen molar-refractivity contribution in [2.45, 2.75) is 31.2 Å². The van der Waals surface area contributed by atoms with Crippen molar-refractivity contribution in [3.8, 4) is 0 Å². The van der Waals surface area contributed by atoms with Crippen LogP contribution in [0, 0.1) is 5.92 Å². The van der Waals surface area contributed by atoms with E-state index in [1.807, 2.05) is 30.3 Å². The largest absolute Gasteiger partial charge is 0.339 e. The van der Waals surface area contributed by atoms with E-state index < -0.39 is 10.0 Å². The van der Waals surface area contributed by atoms with Gasteiger partial charge in [0.05, 0.1) is 17.8 Å². The van der Waals surface area contributed by atoms with Crippen LogP contribution in [0.2, 0.25) is 0 Å². The summed E-state index contributed by atoms with van der Waals surface area (Å²) in [7, 11) is -3.40. The van der Waals surface area contributed by atoms with Crippen LogP contribution in [0.15, 0.2) is 30.3 Å². The number of piperidine rings is 1. The summed E-state index contributed by atoms with van der Waals surface area (Å²) in [6.45, 7) is 1.57. The Bertz CT molecular complexity index is 659. The predicted molar refractivity (Wildman–Crippen MR) is 91.0 cm³/mol. The lowest BCUT2D eigenvalue weighted by atomic mass is 9.98. The van der Waals surface area contributed by atoms with Crippen molar-refractivity contribution in [1.29, 1.82) is 0 Å². The molecule has 1 amide bonds. The van der Waals surface area contributed by atoms with Crippen molar-refractivity contribution in [3.05, 3.63) is 35.9 Å². The van der Waals surface area contributed by atoms with Gasteiger partial charge in [-0.3, -0.25) is 10.2 Å². The summed E-state index contributed by atoms with van der Waals surface area (Å²) in [5, 5.41) is 2.94. The number of amides is 1. The second-order valence-electron chi connectivity index (χ2n) is 6.36. The molecule has 8 heteroatoms. The highest BCUT2D eigenvalue weighted by Gasteiger charge is 2.33. The number of hydrazine groups is 1. The van der Waals surface area contributed by atoms with Gasteiger partial charge in [-0.2, -0.15) is 0 Å². The van der Waals surface area contributed by atoms with Gasteiger partial charge in [0.15, 0.2) is 0 Å². The normalized spacial score (nSPS) is 25.5. The van der Waals surface area contributed by atoms with E-state index in [1.54, 1.807) is 0 Å². The maximum Gasteiger partial charge on any atom is 0.225 e. The fourth-order valence-electron chi connectivity index (χ4n) is 3.17. The van der Waals surface area contributed by atoms with Crippen molar-refractivity contribution >= 4 is 15.9 Å². The summed E-state index contributed by atoms with van der Waals surface area (Å²) in [6.07, 6.45) is 2.19. The van der Waals surface area contributed by atoms with E-state index in [0.717, 1.165) is 24.9 Å². The topological polar surface area (TPSA) is 90.5 Å². The van der Waals surface area contributed by atoms with E-state index in [2.05, 4.69) is 16.2 Å². The van der Waals surface area contributed by atoms with E-state index in [9.17, 15) is 13.2 Å². The molecular formula is C16H24N4O3S. The molecule has 2 aliphatic rings. The molecule has 7 nitrogen and oxygen atoms in total. The van der Waals surface area contributed by atoms with Crippen LogP contribution in [0.5, 0.6) is 0 Å². The Kier molecular flexibility index (Phi) is 5.50. The molecule has 2 aliphatic heterocycles. The molecule has 2 heterocycles. The molecule has 24 heavy (non-hydrogen) atoms. The van der Waals surface area contributed by atoms with Gasteiger partial charge in [-0.25, -0.2) is 18.1 Å². The number of carbonyl (C=O) groups excluding carboxylic acids is 1. The van der Waals surface area contributed by atoms with Crippen LogP contribution in [-0.2, 0) is 20.6 Å². The second-order valence-corrected chi connectivity index (χ2v) is 8.33. The van der Waals surface area contributed by atoms with Gasteiger partial charge < -0.3 is 5.32 Å². The molecule has 1 aromatic rings. The number of nitrogens with one attached hydrogen (secondary N) is 3. The summed E-state index contributed by atoms with van der Waals surface area (Å²) in [6, 6.07) is 9.15. The average molecular weight is 352 g/mol. The summed E-state index contributed by atoms with van der Waals surface area (Å²) >= 11 is 0. The lowest BCUT2D eigenvalue weighted by Gasteiger charge is -2.31. The van der Waals surface area contributed by atoms with E-state index in [-0.39, 0.29) is 30.3 Å². The first kappa shape index (κ1) is 17.3. The van der Waals surface area contributed by atoms with Crippen LogP contribution in [0.1, 0.15) is 24.8 Å². The zero-order valence-electron chi connectivity index (χ0n) is 13.6. The van der Waals surface area contributed by atoms with E-state index in [4.69, 9.17) is 0 Å². The summed E-state index contributed by atoms with van der Waals surface area (Å²) in [4.78, 5) is 12.4. The summed E-state index contributed by atoms with van der Waals surface area (Å²) in [5.74, 6) is -0.376. The third-order valence-electron chi connectivity index (χ3n) is 4.49. The van der Waals surface area contributed by atoms with E-state index >= 15 is 0 Å². The molecule has 0 spiro atoms. The number of benzene rings is 1. The third kappa shape index (κ3) is 4.32. The first-order valence-electron chi connectivity index (χ1n) is 8.35. The van der Waals surface area contributed by atoms with Gasteiger partial charge in [-0.15, -0.1) is 0 Å². The Balaban J connectivity index is 1.60. The minimum atomic E-state index is -3.40. The monoisotopic (exact) mass is 352 g/mol. The van der Waals surface area contributed by atoms with Crippen molar-refractivity contribution in [3.63, 3.8) is 0 Å².